The number of amidine groups is 1. The van der Waals surface area contributed by atoms with Crippen LogP contribution in [0.3, 0.4) is 0 Å². The Morgan fingerprint density at radius 2 is 1.94 bits per heavy atom. The van der Waals surface area contributed by atoms with E-state index in [0.29, 0.717) is 0 Å². The lowest BCUT2D eigenvalue weighted by Gasteiger charge is -2.36. The molecule has 0 bridgehead atoms. The van der Waals surface area contributed by atoms with E-state index in [-0.39, 0.29) is 17.7 Å². The van der Waals surface area contributed by atoms with E-state index in [1.165, 1.54) is 0 Å². The summed E-state index contributed by atoms with van der Waals surface area (Å²) in [6, 6.07) is 0. The van der Waals surface area contributed by atoms with Crippen molar-refractivity contribution in [2.45, 2.75) is 50.5 Å². The van der Waals surface area contributed by atoms with Gasteiger partial charge in [-0.3, -0.25) is 4.79 Å². The number of nitrogens with one attached hydrogen (secondary N) is 1. The summed E-state index contributed by atoms with van der Waals surface area (Å²) in [5.41, 5.74) is 5.15. The third kappa shape index (κ3) is 2.13. The highest BCUT2D eigenvalue weighted by molar-refractivity contribution is 5.94. The molecule has 0 atom stereocenters. The van der Waals surface area contributed by atoms with Gasteiger partial charge in [-0.05, 0) is 25.7 Å². The molecule has 2 aliphatic carbocycles. The summed E-state index contributed by atoms with van der Waals surface area (Å²) in [5, 5.41) is 14.9. The maximum Gasteiger partial charge on any atom is 0.223 e. The molecule has 0 aliphatic heterocycles. The summed E-state index contributed by atoms with van der Waals surface area (Å²) in [4.78, 5) is 11.8. The van der Waals surface area contributed by atoms with Gasteiger partial charge in [0.2, 0.25) is 5.91 Å². The van der Waals surface area contributed by atoms with Gasteiger partial charge in [-0.15, -0.1) is 0 Å². The van der Waals surface area contributed by atoms with Gasteiger partial charge < -0.3 is 16.3 Å². The molecule has 2 fully saturated rings. The van der Waals surface area contributed by atoms with E-state index in [2.05, 4.69) is 10.5 Å². The van der Waals surface area contributed by atoms with Gasteiger partial charge in [0.05, 0.1) is 0 Å². The second kappa shape index (κ2) is 4.31. The van der Waals surface area contributed by atoms with Crippen LogP contribution in [-0.4, -0.2) is 22.5 Å². The van der Waals surface area contributed by atoms with Crippen molar-refractivity contribution >= 4 is 11.7 Å². The molecule has 4 N–H and O–H groups in total. The van der Waals surface area contributed by atoms with Crippen molar-refractivity contribution in [2.24, 2.45) is 16.8 Å². The summed E-state index contributed by atoms with van der Waals surface area (Å²) in [5.74, 6) is 0.375. The molecule has 0 aromatic heterocycles. The number of hydrogen-bond acceptors (Lipinski definition) is 3. The Morgan fingerprint density at radius 3 is 2.44 bits per heavy atom. The minimum Gasteiger partial charge on any atom is -0.409 e. The molecule has 2 aliphatic rings. The van der Waals surface area contributed by atoms with Crippen LogP contribution in [0.25, 0.3) is 0 Å². The van der Waals surface area contributed by atoms with Crippen molar-refractivity contribution in [2.75, 3.05) is 0 Å². The first-order valence-corrected chi connectivity index (χ1v) is 5.98. The normalized spacial score (nSPS) is 25.1. The summed E-state index contributed by atoms with van der Waals surface area (Å²) in [6.07, 6.45) is 6.68. The molecule has 16 heavy (non-hydrogen) atoms. The van der Waals surface area contributed by atoms with Crippen molar-refractivity contribution in [3.05, 3.63) is 0 Å². The average molecular weight is 225 g/mol. The smallest absolute Gasteiger partial charge is 0.223 e. The van der Waals surface area contributed by atoms with Gasteiger partial charge in [0, 0.05) is 5.92 Å². The van der Waals surface area contributed by atoms with Crippen LogP contribution < -0.4 is 11.1 Å². The van der Waals surface area contributed by atoms with E-state index in [1.807, 2.05) is 0 Å². The second-order valence-electron chi connectivity index (χ2n) is 4.89. The van der Waals surface area contributed by atoms with Crippen LogP contribution >= 0.6 is 0 Å². The second-order valence-corrected chi connectivity index (χ2v) is 4.89. The van der Waals surface area contributed by atoms with E-state index in [4.69, 9.17) is 10.9 Å². The molecular weight excluding hydrogens is 206 g/mol. The number of hydrogen-bond donors (Lipinski definition) is 3. The highest BCUT2D eigenvalue weighted by Gasteiger charge is 2.41. The van der Waals surface area contributed by atoms with Gasteiger partial charge in [0.15, 0.2) is 5.84 Å². The van der Waals surface area contributed by atoms with Crippen molar-refractivity contribution in [1.82, 2.24) is 5.32 Å². The molecule has 1 amide bonds. The number of rotatable bonds is 3. The fourth-order valence-electron chi connectivity index (χ4n) is 2.38. The van der Waals surface area contributed by atoms with Crippen molar-refractivity contribution in [3.8, 4) is 0 Å². The average Bonchev–Trinajstić information content (AvgIpc) is 3.13. The van der Waals surface area contributed by atoms with E-state index in [9.17, 15) is 4.79 Å². The molecule has 0 radical (unpaired) electrons. The third-order valence-electron chi connectivity index (χ3n) is 3.62. The molecule has 5 nitrogen and oxygen atoms in total. The Hall–Kier alpha value is -1.26. The molecule has 0 spiro atoms. The van der Waals surface area contributed by atoms with Gasteiger partial charge >= 0.3 is 0 Å². The fraction of sp³-hybridized carbons (Fsp3) is 0.818. The zero-order chi connectivity index (χ0) is 11.6. The summed E-state index contributed by atoms with van der Waals surface area (Å²) in [7, 11) is 0. The highest BCUT2D eigenvalue weighted by atomic mass is 16.4. The first-order chi connectivity index (χ1) is 7.68. The Kier molecular flexibility index (Phi) is 3.03. The summed E-state index contributed by atoms with van der Waals surface area (Å²) >= 11 is 0. The maximum atomic E-state index is 11.8. The Labute approximate surface area is 95.1 Å². The third-order valence-corrected chi connectivity index (χ3v) is 3.62. The predicted octanol–water partition coefficient (Wildman–Crippen LogP) is 0.962. The summed E-state index contributed by atoms with van der Waals surface area (Å²) in [6.45, 7) is 0. The van der Waals surface area contributed by atoms with Gasteiger partial charge in [-0.2, -0.15) is 0 Å². The molecular formula is C11H19N3O2. The SMILES string of the molecule is N/C(=N/O)C1(NC(=O)C2CC2)CCCCC1. The van der Waals surface area contributed by atoms with Crippen molar-refractivity contribution in [1.29, 1.82) is 0 Å². The van der Waals surface area contributed by atoms with E-state index >= 15 is 0 Å². The van der Waals surface area contributed by atoms with E-state index in [1.54, 1.807) is 0 Å². The van der Waals surface area contributed by atoms with Gasteiger partial charge in [-0.1, -0.05) is 24.4 Å². The Balaban J connectivity index is 2.09. The molecule has 5 heteroatoms. The number of oxime groups is 1. The lowest BCUT2D eigenvalue weighted by atomic mass is 9.80. The van der Waals surface area contributed by atoms with Crippen LogP contribution in [0.1, 0.15) is 44.9 Å². The van der Waals surface area contributed by atoms with Gasteiger partial charge in [0.1, 0.15) is 5.54 Å². The van der Waals surface area contributed by atoms with Gasteiger partial charge in [0.25, 0.3) is 0 Å². The number of nitrogens with zero attached hydrogens (tertiary/aromatic N) is 1. The van der Waals surface area contributed by atoms with E-state index < -0.39 is 5.54 Å². The predicted molar refractivity (Wildman–Crippen MR) is 60.1 cm³/mol. The monoisotopic (exact) mass is 225 g/mol. The molecule has 2 saturated carbocycles. The van der Waals surface area contributed by atoms with Crippen LogP contribution in [0, 0.1) is 5.92 Å². The molecule has 0 heterocycles. The lowest BCUT2D eigenvalue weighted by Crippen LogP contribution is -2.58. The van der Waals surface area contributed by atoms with Crippen LogP contribution in [0.2, 0.25) is 0 Å². The quantitative estimate of drug-likeness (QED) is 0.289. The van der Waals surface area contributed by atoms with Gasteiger partial charge in [-0.25, -0.2) is 0 Å². The number of carbonyl (C=O) groups excluding carboxylic acids is 1. The number of amides is 1. The molecule has 90 valence electrons. The first-order valence-electron chi connectivity index (χ1n) is 5.98. The van der Waals surface area contributed by atoms with Crippen molar-refractivity contribution in [3.63, 3.8) is 0 Å². The zero-order valence-corrected chi connectivity index (χ0v) is 9.41. The summed E-state index contributed by atoms with van der Waals surface area (Å²) < 4.78 is 0. The Bertz CT molecular complexity index is 304. The highest BCUT2D eigenvalue weighted by Crippen LogP contribution is 2.33. The lowest BCUT2D eigenvalue weighted by molar-refractivity contribution is -0.123. The molecule has 0 saturated heterocycles. The minimum atomic E-state index is -0.591. The minimum absolute atomic E-state index is 0.0634. The number of nitrogens with two attached hydrogens (primary N) is 1. The first kappa shape index (κ1) is 11.2. The van der Waals surface area contributed by atoms with Crippen LogP contribution in [0.4, 0.5) is 0 Å². The number of carbonyl (C=O) groups is 1. The zero-order valence-electron chi connectivity index (χ0n) is 9.41. The van der Waals surface area contributed by atoms with E-state index in [0.717, 1.165) is 44.9 Å². The van der Waals surface area contributed by atoms with Crippen LogP contribution in [0.5, 0.6) is 0 Å². The van der Waals surface area contributed by atoms with Crippen LogP contribution in [-0.2, 0) is 4.79 Å². The molecule has 0 aromatic carbocycles. The largest absolute Gasteiger partial charge is 0.409 e. The van der Waals surface area contributed by atoms with Crippen LogP contribution in [0.15, 0.2) is 5.16 Å². The molecule has 0 unspecified atom stereocenters. The Morgan fingerprint density at radius 1 is 1.31 bits per heavy atom. The molecule has 0 aromatic rings. The van der Waals surface area contributed by atoms with Crippen molar-refractivity contribution < 1.29 is 10.0 Å². The standard InChI is InChI=1S/C11H19N3O2/c12-10(14-16)11(6-2-1-3-7-11)13-9(15)8-4-5-8/h8,16H,1-7H2,(H2,12,14)(H,13,15). The maximum absolute atomic E-state index is 11.8. The fourth-order valence-corrected chi connectivity index (χ4v) is 2.38. The topological polar surface area (TPSA) is 87.7 Å². The molecule has 2 rings (SSSR count).